The molecular formula is C43H27NO. The second-order valence-corrected chi connectivity index (χ2v) is 12.1. The molecule has 2 heterocycles. The zero-order chi connectivity index (χ0) is 29.5. The summed E-state index contributed by atoms with van der Waals surface area (Å²) in [5.74, 6) is 1.83. The molecule has 0 saturated heterocycles. The van der Waals surface area contributed by atoms with E-state index in [-0.39, 0.29) is 0 Å². The van der Waals surface area contributed by atoms with Crippen LogP contribution < -0.4 is 4.74 Å². The molecule has 1 aliphatic heterocycles. The van der Waals surface area contributed by atoms with Crippen LogP contribution in [-0.2, 0) is 5.41 Å². The van der Waals surface area contributed by atoms with E-state index in [1.54, 1.807) is 0 Å². The number of hydrogen-bond donors (Lipinski definition) is 0. The minimum absolute atomic E-state index is 0.496. The fourth-order valence-electron chi connectivity index (χ4n) is 8.02. The van der Waals surface area contributed by atoms with Gasteiger partial charge in [-0.1, -0.05) is 121 Å². The normalized spacial score (nSPS) is 13.7. The third-order valence-electron chi connectivity index (χ3n) is 9.87. The van der Waals surface area contributed by atoms with Crippen molar-refractivity contribution in [3.8, 4) is 39.4 Å². The fraction of sp³-hybridized carbons (Fsp3) is 0.0233. The number of ether oxygens (including phenoxy) is 1. The molecule has 0 unspecified atom stereocenters. The molecule has 210 valence electrons. The first kappa shape index (κ1) is 24.6. The Morgan fingerprint density at radius 2 is 1.00 bits per heavy atom. The quantitative estimate of drug-likeness (QED) is 0.201. The van der Waals surface area contributed by atoms with Crippen LogP contribution in [0.2, 0.25) is 0 Å². The van der Waals surface area contributed by atoms with E-state index >= 15 is 0 Å². The average molecular weight is 574 g/mol. The van der Waals surface area contributed by atoms with Crippen molar-refractivity contribution < 1.29 is 4.74 Å². The maximum Gasteiger partial charge on any atom is 0.132 e. The molecule has 1 aromatic heterocycles. The first-order chi connectivity index (χ1) is 22.3. The molecule has 45 heavy (non-hydrogen) atoms. The minimum Gasteiger partial charge on any atom is -0.457 e. The smallest absolute Gasteiger partial charge is 0.132 e. The number of rotatable bonds is 2. The molecule has 0 amide bonds. The van der Waals surface area contributed by atoms with E-state index in [9.17, 15) is 0 Å². The van der Waals surface area contributed by atoms with Crippen LogP contribution in [0.15, 0.2) is 164 Å². The van der Waals surface area contributed by atoms with Gasteiger partial charge in [0.15, 0.2) is 0 Å². The highest BCUT2D eigenvalue weighted by Gasteiger charge is 2.51. The number of benzene rings is 7. The minimum atomic E-state index is -0.496. The number of nitrogens with zero attached hydrogens (tertiary/aromatic N) is 1. The van der Waals surface area contributed by atoms with Crippen molar-refractivity contribution in [3.63, 3.8) is 0 Å². The van der Waals surface area contributed by atoms with Gasteiger partial charge < -0.3 is 9.30 Å². The third kappa shape index (κ3) is 3.23. The van der Waals surface area contributed by atoms with E-state index in [1.165, 1.54) is 66.3 Å². The van der Waals surface area contributed by atoms with Crippen molar-refractivity contribution in [3.05, 3.63) is 186 Å². The molecule has 8 aromatic rings. The summed E-state index contributed by atoms with van der Waals surface area (Å²) >= 11 is 0. The van der Waals surface area contributed by atoms with Gasteiger partial charge in [-0.15, -0.1) is 0 Å². The summed E-state index contributed by atoms with van der Waals surface area (Å²) in [6.07, 6.45) is 0. The summed E-state index contributed by atoms with van der Waals surface area (Å²) in [5.41, 5.74) is 13.0. The van der Waals surface area contributed by atoms with Gasteiger partial charge in [0.1, 0.15) is 11.5 Å². The molecule has 10 rings (SSSR count). The zero-order valence-corrected chi connectivity index (χ0v) is 24.4. The lowest BCUT2D eigenvalue weighted by molar-refractivity contribution is 0.436. The molecule has 0 saturated carbocycles. The summed E-state index contributed by atoms with van der Waals surface area (Å²) in [4.78, 5) is 0. The molecule has 0 fully saturated rings. The van der Waals surface area contributed by atoms with Crippen LogP contribution in [0, 0.1) is 0 Å². The lowest BCUT2D eigenvalue weighted by Gasteiger charge is -2.39. The van der Waals surface area contributed by atoms with Gasteiger partial charge in [-0.2, -0.15) is 0 Å². The van der Waals surface area contributed by atoms with Crippen LogP contribution >= 0.6 is 0 Å². The largest absolute Gasteiger partial charge is 0.457 e. The van der Waals surface area contributed by atoms with Crippen LogP contribution in [0.1, 0.15) is 22.3 Å². The topological polar surface area (TPSA) is 14.2 Å². The Morgan fingerprint density at radius 1 is 0.400 bits per heavy atom. The SMILES string of the molecule is c1ccc(-c2ccc(-n3c4ccccc4c4cc5c(cc43)C3(c4ccccc4Oc4ccccc43)c3ccccc3-5)cc2)cc1. The molecule has 2 aliphatic rings. The Kier molecular flexibility index (Phi) is 4.95. The van der Waals surface area contributed by atoms with E-state index in [0.29, 0.717) is 0 Å². The molecule has 2 nitrogen and oxygen atoms in total. The third-order valence-corrected chi connectivity index (χ3v) is 9.87. The fourth-order valence-corrected chi connectivity index (χ4v) is 8.02. The second-order valence-electron chi connectivity index (χ2n) is 12.1. The number of para-hydroxylation sites is 3. The van der Waals surface area contributed by atoms with E-state index in [2.05, 4.69) is 168 Å². The van der Waals surface area contributed by atoms with Gasteiger partial charge in [-0.25, -0.2) is 0 Å². The van der Waals surface area contributed by atoms with Crippen molar-refractivity contribution in [1.29, 1.82) is 0 Å². The molecular weight excluding hydrogens is 546 g/mol. The highest BCUT2D eigenvalue weighted by molar-refractivity contribution is 6.12. The van der Waals surface area contributed by atoms with E-state index < -0.39 is 5.41 Å². The van der Waals surface area contributed by atoms with Gasteiger partial charge in [0, 0.05) is 27.6 Å². The first-order valence-electron chi connectivity index (χ1n) is 15.5. The first-order valence-corrected chi connectivity index (χ1v) is 15.5. The van der Waals surface area contributed by atoms with Crippen LogP contribution in [-0.4, -0.2) is 4.57 Å². The molecule has 2 heteroatoms. The highest BCUT2D eigenvalue weighted by Crippen LogP contribution is 2.62. The lowest BCUT2D eigenvalue weighted by atomic mass is 9.66. The summed E-state index contributed by atoms with van der Waals surface area (Å²) in [5, 5.41) is 2.52. The average Bonchev–Trinajstić information content (AvgIpc) is 3.58. The molecule has 0 radical (unpaired) electrons. The predicted molar refractivity (Wildman–Crippen MR) is 184 cm³/mol. The summed E-state index contributed by atoms with van der Waals surface area (Å²) < 4.78 is 9.00. The summed E-state index contributed by atoms with van der Waals surface area (Å²) in [7, 11) is 0. The number of fused-ring (bicyclic) bond motifs is 12. The monoisotopic (exact) mass is 573 g/mol. The van der Waals surface area contributed by atoms with Crippen LogP contribution in [0.5, 0.6) is 11.5 Å². The van der Waals surface area contributed by atoms with E-state index in [0.717, 1.165) is 17.2 Å². The molecule has 7 aromatic carbocycles. The Bertz CT molecular complexity index is 2400. The lowest BCUT2D eigenvalue weighted by Crippen LogP contribution is -2.32. The number of hydrogen-bond acceptors (Lipinski definition) is 1. The molecule has 0 bridgehead atoms. The predicted octanol–water partition coefficient (Wildman–Crippen LogP) is 10.9. The van der Waals surface area contributed by atoms with Crippen LogP contribution in [0.25, 0.3) is 49.7 Å². The Morgan fingerprint density at radius 3 is 1.76 bits per heavy atom. The van der Waals surface area contributed by atoms with Crippen molar-refractivity contribution >= 4 is 21.8 Å². The zero-order valence-electron chi connectivity index (χ0n) is 24.4. The van der Waals surface area contributed by atoms with Crippen molar-refractivity contribution in [2.75, 3.05) is 0 Å². The highest BCUT2D eigenvalue weighted by atomic mass is 16.5. The molecule has 1 aliphatic carbocycles. The Labute approximate surface area is 261 Å². The molecule has 0 N–H and O–H groups in total. The van der Waals surface area contributed by atoms with Crippen molar-refractivity contribution in [2.24, 2.45) is 0 Å². The van der Waals surface area contributed by atoms with Gasteiger partial charge >= 0.3 is 0 Å². The Balaban J connectivity index is 1.31. The standard InChI is InChI=1S/C43H27NO/c1-2-12-28(13-3-1)29-22-24-30(25-23-29)44-39-19-9-5-15-32(39)34-26-33-31-14-4-6-16-35(31)43(38(33)27-40(34)44)36-17-7-10-20-41(36)45-42-21-11-8-18-37(42)43/h1-27H. The summed E-state index contributed by atoms with van der Waals surface area (Å²) in [6, 6.07) is 59.4. The second kappa shape index (κ2) is 9.07. The molecule has 1 spiro atoms. The maximum atomic E-state index is 6.57. The van der Waals surface area contributed by atoms with Gasteiger partial charge in [-0.3, -0.25) is 0 Å². The van der Waals surface area contributed by atoms with Gasteiger partial charge in [0.2, 0.25) is 0 Å². The van der Waals surface area contributed by atoms with Crippen LogP contribution in [0.3, 0.4) is 0 Å². The maximum absolute atomic E-state index is 6.57. The van der Waals surface area contributed by atoms with Gasteiger partial charge in [0.05, 0.1) is 16.4 Å². The summed E-state index contributed by atoms with van der Waals surface area (Å²) in [6.45, 7) is 0. The van der Waals surface area contributed by atoms with Crippen molar-refractivity contribution in [2.45, 2.75) is 5.41 Å². The van der Waals surface area contributed by atoms with Gasteiger partial charge in [0.25, 0.3) is 0 Å². The van der Waals surface area contributed by atoms with Crippen molar-refractivity contribution in [1.82, 2.24) is 4.57 Å². The van der Waals surface area contributed by atoms with E-state index in [4.69, 9.17) is 4.74 Å². The number of aromatic nitrogens is 1. The Hall–Kier alpha value is -5.86. The van der Waals surface area contributed by atoms with Crippen LogP contribution in [0.4, 0.5) is 0 Å². The van der Waals surface area contributed by atoms with Gasteiger partial charge in [-0.05, 0) is 75.8 Å². The molecule has 0 atom stereocenters. The van der Waals surface area contributed by atoms with E-state index in [1.807, 2.05) is 0 Å².